The van der Waals surface area contributed by atoms with Crippen molar-refractivity contribution in [2.24, 2.45) is 0 Å². The van der Waals surface area contributed by atoms with Crippen molar-refractivity contribution >= 4 is 17.5 Å². The van der Waals surface area contributed by atoms with Crippen LogP contribution in [-0.4, -0.2) is 24.6 Å². The van der Waals surface area contributed by atoms with Gasteiger partial charge in [-0.25, -0.2) is 0 Å². The van der Waals surface area contributed by atoms with Gasteiger partial charge in [0.1, 0.15) is 6.04 Å². The molecular weight excluding hydrogens is 320 g/mol. The van der Waals surface area contributed by atoms with Crippen molar-refractivity contribution in [3.05, 3.63) is 53.6 Å². The molecule has 1 unspecified atom stereocenters. The van der Waals surface area contributed by atoms with E-state index in [1.807, 2.05) is 42.5 Å². The van der Waals surface area contributed by atoms with Crippen molar-refractivity contribution in [2.75, 3.05) is 11.7 Å². The number of fused-ring (bicyclic) bond motifs is 2. The molecule has 25 heavy (non-hydrogen) atoms. The van der Waals surface area contributed by atoms with Crippen molar-refractivity contribution < 1.29 is 19.1 Å². The van der Waals surface area contributed by atoms with Crippen LogP contribution >= 0.6 is 0 Å². The zero-order valence-electron chi connectivity index (χ0n) is 13.8. The van der Waals surface area contributed by atoms with Gasteiger partial charge in [0.05, 0.1) is 0 Å². The molecule has 0 saturated heterocycles. The second kappa shape index (κ2) is 6.12. The van der Waals surface area contributed by atoms with Gasteiger partial charge in [-0.05, 0) is 29.3 Å². The Hall–Kier alpha value is -3.02. The second-order valence-corrected chi connectivity index (χ2v) is 6.14. The molecule has 4 rings (SSSR count). The van der Waals surface area contributed by atoms with E-state index in [-0.39, 0.29) is 18.6 Å². The van der Waals surface area contributed by atoms with Crippen molar-refractivity contribution in [1.29, 1.82) is 0 Å². The molecular formula is C19H18N2O4. The molecule has 0 aromatic heterocycles. The molecule has 0 radical (unpaired) electrons. The first kappa shape index (κ1) is 15.5. The van der Waals surface area contributed by atoms with Gasteiger partial charge in [-0.2, -0.15) is 0 Å². The first-order valence-corrected chi connectivity index (χ1v) is 8.17. The number of anilines is 1. The van der Waals surface area contributed by atoms with Crippen LogP contribution in [0.15, 0.2) is 42.5 Å². The SMILES string of the molecule is CC(=O)N1c2ccccc2CC1C(=O)NCc1ccc2c(c1)OCO2. The normalized spacial score (nSPS) is 17.3. The summed E-state index contributed by atoms with van der Waals surface area (Å²) in [7, 11) is 0. The monoisotopic (exact) mass is 338 g/mol. The maximum atomic E-state index is 12.7. The predicted molar refractivity (Wildman–Crippen MR) is 91.5 cm³/mol. The molecule has 1 atom stereocenters. The predicted octanol–water partition coefficient (Wildman–Crippen LogP) is 2.01. The van der Waals surface area contributed by atoms with Gasteiger partial charge in [-0.1, -0.05) is 24.3 Å². The largest absolute Gasteiger partial charge is 0.454 e. The third kappa shape index (κ3) is 2.80. The van der Waals surface area contributed by atoms with Crippen LogP contribution in [0, 0.1) is 0 Å². The van der Waals surface area contributed by atoms with Gasteiger partial charge in [0.2, 0.25) is 18.6 Å². The number of hydrogen-bond acceptors (Lipinski definition) is 4. The highest BCUT2D eigenvalue weighted by molar-refractivity contribution is 6.02. The zero-order valence-corrected chi connectivity index (χ0v) is 13.8. The fourth-order valence-corrected chi connectivity index (χ4v) is 3.34. The molecule has 0 aliphatic carbocycles. The van der Waals surface area contributed by atoms with Crippen LogP contribution in [0.5, 0.6) is 11.5 Å². The van der Waals surface area contributed by atoms with Crippen LogP contribution in [-0.2, 0) is 22.6 Å². The van der Waals surface area contributed by atoms with Gasteiger partial charge in [-0.3, -0.25) is 14.5 Å². The third-order valence-electron chi connectivity index (χ3n) is 4.52. The highest BCUT2D eigenvalue weighted by Gasteiger charge is 2.36. The molecule has 2 heterocycles. The average molecular weight is 338 g/mol. The topological polar surface area (TPSA) is 67.9 Å². The van der Waals surface area contributed by atoms with Gasteiger partial charge in [0.25, 0.3) is 0 Å². The molecule has 2 aromatic rings. The van der Waals surface area contributed by atoms with Gasteiger partial charge >= 0.3 is 0 Å². The number of carbonyl (C=O) groups is 2. The van der Waals surface area contributed by atoms with Crippen LogP contribution in [0.25, 0.3) is 0 Å². The summed E-state index contributed by atoms with van der Waals surface area (Å²) in [4.78, 5) is 26.3. The average Bonchev–Trinajstić information content (AvgIpc) is 3.23. The Bertz CT molecular complexity index is 849. The third-order valence-corrected chi connectivity index (χ3v) is 4.52. The molecule has 128 valence electrons. The highest BCUT2D eigenvalue weighted by Crippen LogP contribution is 2.33. The minimum atomic E-state index is -0.510. The first-order valence-electron chi connectivity index (χ1n) is 8.17. The number of para-hydroxylation sites is 1. The van der Waals surface area contributed by atoms with Crippen molar-refractivity contribution in [1.82, 2.24) is 5.32 Å². The molecule has 2 aliphatic heterocycles. The maximum absolute atomic E-state index is 12.7. The molecule has 2 aliphatic rings. The Balaban J connectivity index is 1.47. The summed E-state index contributed by atoms with van der Waals surface area (Å²) in [5, 5.41) is 2.92. The van der Waals surface area contributed by atoms with Crippen molar-refractivity contribution in [2.45, 2.75) is 25.9 Å². The summed E-state index contributed by atoms with van der Waals surface area (Å²) in [6, 6.07) is 12.7. The summed E-state index contributed by atoms with van der Waals surface area (Å²) in [5.74, 6) is 1.10. The van der Waals surface area contributed by atoms with Crippen molar-refractivity contribution in [3.8, 4) is 11.5 Å². The highest BCUT2D eigenvalue weighted by atomic mass is 16.7. The van der Waals surface area contributed by atoms with Gasteiger partial charge < -0.3 is 14.8 Å². The Kier molecular flexibility index (Phi) is 3.80. The number of nitrogens with one attached hydrogen (secondary N) is 1. The number of ether oxygens (including phenoxy) is 2. The smallest absolute Gasteiger partial charge is 0.243 e. The molecule has 2 amide bonds. The lowest BCUT2D eigenvalue weighted by molar-refractivity contribution is -0.125. The van der Waals surface area contributed by atoms with Crippen LogP contribution in [0.2, 0.25) is 0 Å². The maximum Gasteiger partial charge on any atom is 0.243 e. The molecule has 2 aromatic carbocycles. The van der Waals surface area contributed by atoms with Crippen LogP contribution in [0.3, 0.4) is 0 Å². The number of carbonyl (C=O) groups excluding carboxylic acids is 2. The number of rotatable bonds is 3. The number of amides is 2. The summed E-state index contributed by atoms with van der Waals surface area (Å²) < 4.78 is 10.6. The molecule has 0 fully saturated rings. The van der Waals surface area contributed by atoms with Gasteiger partial charge in [0.15, 0.2) is 11.5 Å². The fourth-order valence-electron chi connectivity index (χ4n) is 3.34. The van der Waals surface area contributed by atoms with E-state index >= 15 is 0 Å². The summed E-state index contributed by atoms with van der Waals surface area (Å²) in [6.45, 7) is 2.08. The van der Waals surface area contributed by atoms with E-state index in [9.17, 15) is 9.59 Å². The lowest BCUT2D eigenvalue weighted by atomic mass is 10.1. The van der Waals surface area contributed by atoms with Crippen LogP contribution < -0.4 is 19.7 Å². The van der Waals surface area contributed by atoms with E-state index in [2.05, 4.69) is 5.32 Å². The van der Waals surface area contributed by atoms with E-state index in [0.29, 0.717) is 24.5 Å². The van der Waals surface area contributed by atoms with Crippen LogP contribution in [0.1, 0.15) is 18.1 Å². The molecule has 0 saturated carbocycles. The summed E-state index contributed by atoms with van der Waals surface area (Å²) >= 11 is 0. The summed E-state index contributed by atoms with van der Waals surface area (Å²) in [5.41, 5.74) is 2.75. The zero-order chi connectivity index (χ0) is 17.4. The Labute approximate surface area is 145 Å². The lowest BCUT2D eigenvalue weighted by Crippen LogP contribution is -2.47. The number of hydrogen-bond donors (Lipinski definition) is 1. The van der Waals surface area contributed by atoms with E-state index in [0.717, 1.165) is 16.8 Å². The Morgan fingerprint density at radius 2 is 1.96 bits per heavy atom. The first-order chi connectivity index (χ1) is 12.1. The quantitative estimate of drug-likeness (QED) is 0.930. The Morgan fingerprint density at radius 3 is 2.80 bits per heavy atom. The number of nitrogens with zero attached hydrogens (tertiary/aromatic N) is 1. The lowest BCUT2D eigenvalue weighted by Gasteiger charge is -2.23. The van der Waals surface area contributed by atoms with E-state index in [4.69, 9.17) is 9.47 Å². The molecule has 0 spiro atoms. The van der Waals surface area contributed by atoms with E-state index in [1.54, 1.807) is 4.90 Å². The molecule has 6 nitrogen and oxygen atoms in total. The minimum Gasteiger partial charge on any atom is -0.454 e. The minimum absolute atomic E-state index is 0.131. The number of benzene rings is 2. The molecule has 6 heteroatoms. The molecule has 0 bridgehead atoms. The van der Waals surface area contributed by atoms with Crippen molar-refractivity contribution in [3.63, 3.8) is 0 Å². The summed E-state index contributed by atoms with van der Waals surface area (Å²) in [6.07, 6.45) is 0.530. The van der Waals surface area contributed by atoms with Gasteiger partial charge in [-0.15, -0.1) is 0 Å². The Morgan fingerprint density at radius 1 is 1.16 bits per heavy atom. The van der Waals surface area contributed by atoms with Crippen LogP contribution in [0.4, 0.5) is 5.69 Å². The van der Waals surface area contributed by atoms with E-state index in [1.165, 1.54) is 6.92 Å². The second-order valence-electron chi connectivity index (χ2n) is 6.14. The van der Waals surface area contributed by atoms with Gasteiger partial charge in [0, 0.05) is 25.6 Å². The standard InChI is InChI=1S/C19H18N2O4/c1-12(22)21-15-5-3-2-4-14(15)9-16(21)19(23)20-10-13-6-7-17-18(8-13)25-11-24-17/h2-8,16H,9-11H2,1H3,(H,20,23). The fraction of sp³-hybridized carbons (Fsp3) is 0.263. The molecule has 1 N–H and O–H groups in total. The van der Waals surface area contributed by atoms with E-state index < -0.39 is 6.04 Å².